The van der Waals surface area contributed by atoms with Crippen molar-refractivity contribution in [1.82, 2.24) is 29.0 Å². The van der Waals surface area contributed by atoms with Gasteiger partial charge in [-0.2, -0.15) is 0 Å². The highest BCUT2D eigenvalue weighted by molar-refractivity contribution is 5.84. The molecule has 0 aliphatic carbocycles. The standard InChI is InChI=1S/C21H22N6O4/c1-25-19-18(20(29)26(2)21(25)30)27(13-24-19)12-16(28)22-10-5-11-31-15-8-3-6-14-7-4-9-23-17(14)15/h3-4,6-9,13H,5,10-12H2,1-2H3,(H,22,28). The number of rotatable bonds is 7. The number of para-hydroxylation sites is 1. The summed E-state index contributed by atoms with van der Waals surface area (Å²) in [6.45, 7) is 0.769. The third-order valence-electron chi connectivity index (χ3n) is 5.03. The molecule has 0 atom stereocenters. The highest BCUT2D eigenvalue weighted by Gasteiger charge is 2.15. The molecule has 1 amide bonds. The fourth-order valence-electron chi connectivity index (χ4n) is 3.40. The Morgan fingerprint density at radius 3 is 2.74 bits per heavy atom. The maximum absolute atomic E-state index is 12.4. The molecule has 1 aromatic carbocycles. The van der Waals surface area contributed by atoms with E-state index in [2.05, 4.69) is 15.3 Å². The van der Waals surface area contributed by atoms with E-state index in [0.717, 1.165) is 15.5 Å². The summed E-state index contributed by atoms with van der Waals surface area (Å²) in [5.41, 5.74) is 0.315. The molecule has 4 rings (SSSR count). The fraction of sp³-hybridized carbons (Fsp3) is 0.286. The third-order valence-corrected chi connectivity index (χ3v) is 5.03. The zero-order valence-corrected chi connectivity index (χ0v) is 17.2. The molecular weight excluding hydrogens is 400 g/mol. The summed E-state index contributed by atoms with van der Waals surface area (Å²) in [4.78, 5) is 45.2. The summed E-state index contributed by atoms with van der Waals surface area (Å²) in [5.74, 6) is 0.442. The quantitative estimate of drug-likeness (QED) is 0.436. The van der Waals surface area contributed by atoms with Crippen LogP contribution in [0.2, 0.25) is 0 Å². The highest BCUT2D eigenvalue weighted by atomic mass is 16.5. The van der Waals surface area contributed by atoms with Gasteiger partial charge in [0.1, 0.15) is 17.8 Å². The Labute approximate surface area is 176 Å². The Bertz CT molecular complexity index is 1380. The van der Waals surface area contributed by atoms with E-state index in [1.165, 1.54) is 29.6 Å². The molecule has 0 fully saturated rings. The Morgan fingerprint density at radius 1 is 1.10 bits per heavy atom. The molecule has 160 valence electrons. The van der Waals surface area contributed by atoms with Crippen LogP contribution in [0.15, 0.2) is 52.4 Å². The van der Waals surface area contributed by atoms with Crippen LogP contribution in [0.1, 0.15) is 6.42 Å². The minimum atomic E-state index is -0.486. The maximum atomic E-state index is 12.4. The van der Waals surface area contributed by atoms with E-state index in [4.69, 9.17) is 4.74 Å². The lowest BCUT2D eigenvalue weighted by molar-refractivity contribution is -0.121. The van der Waals surface area contributed by atoms with E-state index in [0.29, 0.717) is 25.3 Å². The van der Waals surface area contributed by atoms with E-state index in [9.17, 15) is 14.4 Å². The average molecular weight is 422 g/mol. The van der Waals surface area contributed by atoms with Crippen LogP contribution < -0.4 is 21.3 Å². The van der Waals surface area contributed by atoms with Gasteiger partial charge in [-0.25, -0.2) is 9.78 Å². The number of benzene rings is 1. The van der Waals surface area contributed by atoms with Crippen molar-refractivity contribution in [2.75, 3.05) is 13.2 Å². The van der Waals surface area contributed by atoms with Crippen LogP contribution in [-0.4, -0.2) is 42.7 Å². The van der Waals surface area contributed by atoms with Gasteiger partial charge in [-0.3, -0.25) is 23.7 Å². The number of pyridine rings is 1. The number of aryl methyl sites for hydroxylation is 1. The molecule has 0 unspecified atom stereocenters. The summed E-state index contributed by atoms with van der Waals surface area (Å²) >= 11 is 0. The Kier molecular flexibility index (Phi) is 5.52. The minimum absolute atomic E-state index is 0.0714. The molecule has 10 nitrogen and oxygen atoms in total. The van der Waals surface area contributed by atoms with Crippen molar-refractivity contribution in [3.05, 3.63) is 63.7 Å². The van der Waals surface area contributed by atoms with Gasteiger partial charge in [0, 0.05) is 32.2 Å². The number of ether oxygens (including phenoxy) is 1. The van der Waals surface area contributed by atoms with Gasteiger partial charge in [-0.1, -0.05) is 18.2 Å². The number of nitrogens with zero attached hydrogens (tertiary/aromatic N) is 5. The first-order chi connectivity index (χ1) is 15.0. The van der Waals surface area contributed by atoms with E-state index in [1.807, 2.05) is 30.3 Å². The molecule has 0 radical (unpaired) electrons. The summed E-state index contributed by atoms with van der Waals surface area (Å²) in [6, 6.07) is 9.60. The van der Waals surface area contributed by atoms with Crippen molar-refractivity contribution in [2.24, 2.45) is 14.1 Å². The fourth-order valence-corrected chi connectivity index (χ4v) is 3.40. The van der Waals surface area contributed by atoms with Crippen LogP contribution in [0, 0.1) is 0 Å². The van der Waals surface area contributed by atoms with Gasteiger partial charge >= 0.3 is 5.69 Å². The minimum Gasteiger partial charge on any atom is -0.491 e. The lowest BCUT2D eigenvalue weighted by atomic mass is 10.2. The van der Waals surface area contributed by atoms with Gasteiger partial charge in [0.15, 0.2) is 11.2 Å². The van der Waals surface area contributed by atoms with Crippen molar-refractivity contribution < 1.29 is 9.53 Å². The lowest BCUT2D eigenvalue weighted by Gasteiger charge is -2.10. The highest BCUT2D eigenvalue weighted by Crippen LogP contribution is 2.22. The molecule has 0 aliphatic heterocycles. The number of carbonyl (C=O) groups excluding carboxylic acids is 1. The normalized spacial score (nSPS) is 11.2. The number of nitrogens with one attached hydrogen (secondary N) is 1. The topological polar surface area (TPSA) is 113 Å². The molecule has 1 N–H and O–H groups in total. The van der Waals surface area contributed by atoms with Gasteiger partial charge in [0.25, 0.3) is 5.56 Å². The second-order valence-corrected chi connectivity index (χ2v) is 7.13. The van der Waals surface area contributed by atoms with Crippen molar-refractivity contribution in [3.8, 4) is 5.75 Å². The zero-order chi connectivity index (χ0) is 22.0. The molecule has 4 aromatic rings. The van der Waals surface area contributed by atoms with Crippen LogP contribution in [0.3, 0.4) is 0 Å². The van der Waals surface area contributed by atoms with Crippen LogP contribution in [0.4, 0.5) is 0 Å². The Hall–Kier alpha value is -3.95. The van der Waals surface area contributed by atoms with E-state index < -0.39 is 11.2 Å². The van der Waals surface area contributed by atoms with Gasteiger partial charge in [-0.15, -0.1) is 0 Å². The number of fused-ring (bicyclic) bond motifs is 2. The molecule has 3 heterocycles. The smallest absolute Gasteiger partial charge is 0.332 e. The molecule has 3 aromatic heterocycles. The van der Waals surface area contributed by atoms with Crippen molar-refractivity contribution in [2.45, 2.75) is 13.0 Å². The van der Waals surface area contributed by atoms with E-state index in [-0.39, 0.29) is 23.6 Å². The average Bonchev–Trinajstić information content (AvgIpc) is 3.19. The lowest BCUT2D eigenvalue weighted by Crippen LogP contribution is -2.38. The molecule has 0 saturated carbocycles. The third kappa shape index (κ3) is 3.91. The van der Waals surface area contributed by atoms with E-state index >= 15 is 0 Å². The summed E-state index contributed by atoms with van der Waals surface area (Å²) in [7, 11) is 2.93. The van der Waals surface area contributed by atoms with Crippen LogP contribution in [0.5, 0.6) is 5.75 Å². The zero-order valence-electron chi connectivity index (χ0n) is 17.2. The summed E-state index contributed by atoms with van der Waals surface area (Å²) < 4.78 is 9.54. The molecule has 0 spiro atoms. The molecule has 10 heteroatoms. The molecule has 0 bridgehead atoms. The van der Waals surface area contributed by atoms with Crippen LogP contribution in [0.25, 0.3) is 22.1 Å². The molecular formula is C21H22N6O4. The predicted octanol–water partition coefficient (Wildman–Crippen LogP) is 0.567. The first kappa shape index (κ1) is 20.3. The van der Waals surface area contributed by atoms with Gasteiger partial charge < -0.3 is 14.6 Å². The van der Waals surface area contributed by atoms with E-state index in [1.54, 1.807) is 6.20 Å². The predicted molar refractivity (Wildman–Crippen MR) is 115 cm³/mol. The molecule has 31 heavy (non-hydrogen) atoms. The first-order valence-electron chi connectivity index (χ1n) is 9.81. The Morgan fingerprint density at radius 2 is 1.90 bits per heavy atom. The monoisotopic (exact) mass is 422 g/mol. The SMILES string of the molecule is Cn1c(=O)c2c(ncn2CC(=O)NCCCOc2cccc3cccnc23)n(C)c1=O. The van der Waals surface area contributed by atoms with Crippen LogP contribution >= 0.6 is 0 Å². The number of imidazole rings is 1. The van der Waals surface area contributed by atoms with Gasteiger partial charge in [0.2, 0.25) is 5.91 Å². The first-order valence-corrected chi connectivity index (χ1v) is 9.81. The Balaban J connectivity index is 1.33. The number of carbonyl (C=O) groups is 1. The van der Waals surface area contributed by atoms with Gasteiger partial charge in [0.05, 0.1) is 12.9 Å². The second-order valence-electron chi connectivity index (χ2n) is 7.13. The number of aromatic nitrogens is 5. The molecule has 0 saturated heterocycles. The van der Waals surface area contributed by atoms with Gasteiger partial charge in [-0.05, 0) is 18.6 Å². The van der Waals surface area contributed by atoms with Crippen LogP contribution in [-0.2, 0) is 25.4 Å². The van der Waals surface area contributed by atoms with Crippen molar-refractivity contribution >= 4 is 28.0 Å². The second kappa shape index (κ2) is 8.42. The van der Waals surface area contributed by atoms with Crippen molar-refractivity contribution in [3.63, 3.8) is 0 Å². The number of amides is 1. The molecule has 0 aliphatic rings. The number of hydrogen-bond acceptors (Lipinski definition) is 6. The number of hydrogen-bond donors (Lipinski definition) is 1. The summed E-state index contributed by atoms with van der Waals surface area (Å²) in [6.07, 6.45) is 3.72. The maximum Gasteiger partial charge on any atom is 0.332 e. The largest absolute Gasteiger partial charge is 0.491 e. The summed E-state index contributed by atoms with van der Waals surface area (Å²) in [5, 5.41) is 3.81. The van der Waals surface area contributed by atoms with Crippen molar-refractivity contribution in [1.29, 1.82) is 0 Å².